The van der Waals surface area contributed by atoms with Gasteiger partial charge in [-0.3, -0.25) is 0 Å². The zero-order valence-corrected chi connectivity index (χ0v) is 12.4. The highest BCUT2D eigenvalue weighted by Crippen LogP contribution is 2.27. The summed E-state index contributed by atoms with van der Waals surface area (Å²) in [5.41, 5.74) is 0.693. The van der Waals surface area contributed by atoms with E-state index in [4.69, 9.17) is 4.74 Å². The lowest BCUT2D eigenvalue weighted by atomic mass is 9.94. The van der Waals surface area contributed by atoms with Gasteiger partial charge in [-0.05, 0) is 34.5 Å². The summed E-state index contributed by atoms with van der Waals surface area (Å²) in [6.45, 7) is 4.89. The predicted octanol–water partition coefficient (Wildman–Crippen LogP) is 2.45. The van der Waals surface area contributed by atoms with Crippen LogP contribution >= 0.6 is 27.3 Å². The second-order valence-corrected chi connectivity index (χ2v) is 7.06. The Morgan fingerprint density at radius 2 is 2.24 bits per heavy atom. The van der Waals surface area contributed by atoms with E-state index in [-0.39, 0.29) is 0 Å². The number of aliphatic hydroxyl groups is 1. The molecule has 2 heterocycles. The smallest absolute Gasteiger partial charge is 0.0815 e. The van der Waals surface area contributed by atoms with Crippen LogP contribution in [0.3, 0.4) is 0 Å². The molecule has 0 unspecified atom stereocenters. The highest BCUT2D eigenvalue weighted by Gasteiger charge is 2.29. The number of rotatable bonds is 4. The number of hydrogen-bond acceptors (Lipinski definition) is 4. The van der Waals surface area contributed by atoms with Crippen molar-refractivity contribution in [2.45, 2.75) is 31.9 Å². The van der Waals surface area contributed by atoms with Gasteiger partial charge in [0.2, 0.25) is 0 Å². The van der Waals surface area contributed by atoms with Gasteiger partial charge < -0.3 is 15.2 Å². The number of halogens is 1. The molecule has 0 atom stereocenters. The lowest BCUT2D eigenvalue weighted by molar-refractivity contribution is -0.0616. The van der Waals surface area contributed by atoms with Gasteiger partial charge in [-0.1, -0.05) is 0 Å². The van der Waals surface area contributed by atoms with Crippen LogP contribution in [0.5, 0.6) is 0 Å². The quantitative estimate of drug-likeness (QED) is 0.895. The van der Waals surface area contributed by atoms with Gasteiger partial charge in [0.15, 0.2) is 0 Å². The van der Waals surface area contributed by atoms with Crippen LogP contribution in [0.2, 0.25) is 0 Å². The lowest BCUT2D eigenvalue weighted by Crippen LogP contribution is -2.44. The molecule has 5 heteroatoms. The summed E-state index contributed by atoms with van der Waals surface area (Å²) in [6.07, 6.45) is 1.46. The first kappa shape index (κ1) is 13.5. The van der Waals surface area contributed by atoms with Gasteiger partial charge in [0.1, 0.15) is 0 Å². The van der Waals surface area contributed by atoms with Gasteiger partial charge in [-0.25, -0.2) is 0 Å². The molecular weight excluding hydrogens is 302 g/mol. The minimum Gasteiger partial charge on any atom is -0.388 e. The summed E-state index contributed by atoms with van der Waals surface area (Å²) in [5, 5.41) is 13.6. The third-order valence-corrected chi connectivity index (χ3v) is 5.22. The fourth-order valence-corrected chi connectivity index (χ4v) is 3.56. The zero-order chi connectivity index (χ0) is 12.3. The maximum atomic E-state index is 10.3. The molecule has 0 amide bonds. The van der Waals surface area contributed by atoms with Crippen molar-refractivity contribution in [1.29, 1.82) is 0 Å². The number of thiophene rings is 1. The Morgan fingerprint density at radius 1 is 1.53 bits per heavy atom. The van der Waals surface area contributed by atoms with E-state index >= 15 is 0 Å². The molecular formula is C12H18BrNO2S. The normalized spacial score (nSPS) is 19.5. The fourth-order valence-electron chi connectivity index (χ4n) is 1.96. The van der Waals surface area contributed by atoms with Crippen LogP contribution in [0.1, 0.15) is 23.3 Å². The number of ether oxygens (including phenoxy) is 1. The van der Waals surface area contributed by atoms with Crippen LogP contribution in [0.15, 0.2) is 9.85 Å². The molecule has 17 heavy (non-hydrogen) atoms. The van der Waals surface area contributed by atoms with Gasteiger partial charge in [0.25, 0.3) is 0 Å². The van der Waals surface area contributed by atoms with E-state index in [9.17, 15) is 5.11 Å². The number of nitrogens with one attached hydrogen (secondary N) is 1. The Hall–Kier alpha value is 0.0600. The Labute approximate surface area is 114 Å². The summed E-state index contributed by atoms with van der Waals surface area (Å²) in [4.78, 5) is 1.30. The summed E-state index contributed by atoms with van der Waals surface area (Å²) < 4.78 is 6.45. The fraction of sp³-hybridized carbons (Fsp3) is 0.667. The molecule has 2 N–H and O–H groups in total. The molecule has 0 radical (unpaired) electrons. The molecule has 96 valence electrons. The van der Waals surface area contributed by atoms with Crippen molar-refractivity contribution in [3.63, 3.8) is 0 Å². The highest BCUT2D eigenvalue weighted by atomic mass is 79.9. The van der Waals surface area contributed by atoms with Crippen LogP contribution in [-0.2, 0) is 11.3 Å². The second kappa shape index (κ2) is 5.80. The maximum Gasteiger partial charge on any atom is 0.0815 e. The van der Waals surface area contributed by atoms with E-state index in [0.29, 0.717) is 19.8 Å². The van der Waals surface area contributed by atoms with Crippen molar-refractivity contribution >= 4 is 27.3 Å². The number of hydrogen-bond donors (Lipinski definition) is 2. The molecule has 1 aliphatic rings. The molecule has 0 aliphatic carbocycles. The highest BCUT2D eigenvalue weighted by molar-refractivity contribution is 9.11. The Kier molecular flexibility index (Phi) is 4.60. The molecule has 0 bridgehead atoms. The molecule has 2 rings (SSSR count). The van der Waals surface area contributed by atoms with Crippen LogP contribution in [-0.4, -0.2) is 30.5 Å². The van der Waals surface area contributed by atoms with Crippen molar-refractivity contribution in [3.8, 4) is 0 Å². The standard InChI is InChI=1S/C12H18BrNO2S/c1-9-6-10(17-11(9)13)7-14-8-12(15)2-4-16-5-3-12/h6,14-15H,2-5,7-8H2,1H3. The Bertz CT molecular complexity index is 355. The van der Waals surface area contributed by atoms with Crippen molar-refractivity contribution in [2.75, 3.05) is 19.8 Å². The van der Waals surface area contributed by atoms with Crippen LogP contribution in [0.25, 0.3) is 0 Å². The van der Waals surface area contributed by atoms with E-state index in [2.05, 4.69) is 34.2 Å². The first-order chi connectivity index (χ1) is 8.09. The molecule has 1 aromatic rings. The lowest BCUT2D eigenvalue weighted by Gasteiger charge is -2.32. The average molecular weight is 320 g/mol. The molecule has 0 spiro atoms. The predicted molar refractivity (Wildman–Crippen MR) is 73.5 cm³/mol. The molecule has 1 fully saturated rings. The van der Waals surface area contributed by atoms with Crippen LogP contribution in [0, 0.1) is 6.92 Å². The average Bonchev–Trinajstić information content (AvgIpc) is 2.59. The van der Waals surface area contributed by atoms with Gasteiger partial charge >= 0.3 is 0 Å². The minimum absolute atomic E-state index is 0.582. The largest absolute Gasteiger partial charge is 0.388 e. The minimum atomic E-state index is -0.582. The molecule has 1 saturated heterocycles. The Balaban J connectivity index is 1.78. The van der Waals surface area contributed by atoms with Crippen LogP contribution in [0.4, 0.5) is 0 Å². The van der Waals surface area contributed by atoms with Crippen molar-refractivity contribution < 1.29 is 9.84 Å². The van der Waals surface area contributed by atoms with Crippen molar-refractivity contribution in [2.24, 2.45) is 0 Å². The van der Waals surface area contributed by atoms with E-state index in [0.717, 1.165) is 19.4 Å². The van der Waals surface area contributed by atoms with Crippen LogP contribution < -0.4 is 5.32 Å². The molecule has 1 aliphatic heterocycles. The maximum absolute atomic E-state index is 10.3. The van der Waals surface area contributed by atoms with E-state index < -0.39 is 5.60 Å². The van der Waals surface area contributed by atoms with E-state index in [1.54, 1.807) is 11.3 Å². The molecule has 3 nitrogen and oxygen atoms in total. The summed E-state index contributed by atoms with van der Waals surface area (Å²) in [6, 6.07) is 2.18. The van der Waals surface area contributed by atoms with Gasteiger partial charge in [-0.2, -0.15) is 0 Å². The zero-order valence-electron chi connectivity index (χ0n) is 9.96. The third-order valence-electron chi connectivity index (χ3n) is 3.09. The van der Waals surface area contributed by atoms with E-state index in [1.807, 2.05) is 0 Å². The monoisotopic (exact) mass is 319 g/mol. The van der Waals surface area contributed by atoms with Gasteiger partial charge in [-0.15, -0.1) is 11.3 Å². The first-order valence-corrected chi connectivity index (χ1v) is 7.46. The second-order valence-electron chi connectivity index (χ2n) is 4.61. The first-order valence-electron chi connectivity index (χ1n) is 5.85. The SMILES string of the molecule is Cc1cc(CNCC2(O)CCOCC2)sc1Br. The molecule has 1 aromatic heterocycles. The van der Waals surface area contributed by atoms with Gasteiger partial charge in [0.05, 0.1) is 9.39 Å². The topological polar surface area (TPSA) is 41.5 Å². The van der Waals surface area contributed by atoms with Crippen molar-refractivity contribution in [3.05, 3.63) is 20.3 Å². The summed E-state index contributed by atoms with van der Waals surface area (Å²) in [5.74, 6) is 0. The summed E-state index contributed by atoms with van der Waals surface area (Å²) >= 11 is 5.27. The summed E-state index contributed by atoms with van der Waals surface area (Å²) in [7, 11) is 0. The molecule has 0 aromatic carbocycles. The van der Waals surface area contributed by atoms with Crippen molar-refractivity contribution in [1.82, 2.24) is 5.32 Å². The number of aryl methyl sites for hydroxylation is 1. The van der Waals surface area contributed by atoms with E-state index in [1.165, 1.54) is 14.2 Å². The third kappa shape index (κ3) is 3.76. The molecule has 0 saturated carbocycles. The van der Waals surface area contributed by atoms with Gasteiger partial charge in [0, 0.05) is 44.0 Å². The Morgan fingerprint density at radius 3 is 2.82 bits per heavy atom.